The van der Waals surface area contributed by atoms with E-state index in [2.05, 4.69) is 32.9 Å². The minimum absolute atomic E-state index is 0.582. The largest absolute Gasteiger partial charge is 0.370 e. The summed E-state index contributed by atoms with van der Waals surface area (Å²) >= 11 is 0. The first kappa shape index (κ1) is 17.8. The van der Waals surface area contributed by atoms with Crippen molar-refractivity contribution in [1.29, 1.82) is 0 Å². The maximum Gasteiger partial charge on any atom is 0.0844 e. The zero-order valence-electron chi connectivity index (χ0n) is 14.1. The van der Waals surface area contributed by atoms with Gasteiger partial charge < -0.3 is 4.74 Å². The molecule has 0 aromatic heterocycles. The molecule has 0 N–H and O–H groups in total. The highest BCUT2D eigenvalue weighted by Crippen LogP contribution is 2.31. The van der Waals surface area contributed by atoms with Gasteiger partial charge >= 0.3 is 0 Å². The average molecular weight is 280 g/mol. The Balaban J connectivity index is 1.84. The van der Waals surface area contributed by atoms with Crippen LogP contribution in [0.25, 0.3) is 0 Å². The van der Waals surface area contributed by atoms with E-state index in [9.17, 15) is 0 Å². The molecule has 1 saturated heterocycles. The van der Waals surface area contributed by atoms with Crippen molar-refractivity contribution in [2.24, 2.45) is 5.92 Å². The second kappa shape index (κ2) is 11.4. The van der Waals surface area contributed by atoms with Gasteiger partial charge in [-0.2, -0.15) is 0 Å². The molecule has 0 aromatic rings. The third kappa shape index (κ3) is 9.58. The first-order valence-electron chi connectivity index (χ1n) is 9.04. The minimum Gasteiger partial charge on any atom is -0.370 e. The topological polar surface area (TPSA) is 12.5 Å². The summed E-state index contributed by atoms with van der Waals surface area (Å²) in [7, 11) is 0. The Bertz CT molecular complexity index is 244. The molecule has 0 amide bonds. The van der Waals surface area contributed by atoms with Gasteiger partial charge in [-0.25, -0.2) is 0 Å². The fourth-order valence-electron chi connectivity index (χ4n) is 2.77. The second-order valence-electron chi connectivity index (χ2n) is 6.79. The lowest BCUT2D eigenvalue weighted by Gasteiger charge is -2.02. The van der Waals surface area contributed by atoms with Crippen LogP contribution in [-0.4, -0.2) is 12.2 Å². The molecule has 1 heteroatoms. The van der Waals surface area contributed by atoms with Crippen LogP contribution in [0.15, 0.2) is 12.2 Å². The lowest BCUT2D eigenvalue weighted by molar-refractivity contribution is 0.351. The van der Waals surface area contributed by atoms with Crippen LogP contribution in [0, 0.1) is 5.92 Å². The third-order valence-electron chi connectivity index (χ3n) is 4.22. The van der Waals surface area contributed by atoms with Gasteiger partial charge in [-0.1, -0.05) is 71.4 Å². The van der Waals surface area contributed by atoms with E-state index in [-0.39, 0.29) is 0 Å². The van der Waals surface area contributed by atoms with Crippen LogP contribution in [0.4, 0.5) is 0 Å². The lowest BCUT2D eigenvalue weighted by atomic mass is 10.0. The number of unbranched alkanes of at least 4 members (excludes halogenated alkanes) is 5. The number of hydrogen-bond acceptors (Lipinski definition) is 1. The Labute approximate surface area is 127 Å². The number of ether oxygens (including phenoxy) is 1. The Kier molecular flexibility index (Phi) is 10.1. The molecule has 1 fully saturated rings. The predicted octanol–water partition coefficient (Wildman–Crippen LogP) is 6.28. The summed E-state index contributed by atoms with van der Waals surface area (Å²) in [5, 5.41) is 0. The van der Waals surface area contributed by atoms with E-state index in [0.717, 1.165) is 5.92 Å². The molecule has 0 radical (unpaired) electrons. The molecule has 0 aromatic carbocycles. The molecular weight excluding hydrogens is 244 g/mol. The minimum atomic E-state index is 0.582. The molecule has 0 bridgehead atoms. The average Bonchev–Trinajstić information content (AvgIpc) is 3.16. The molecule has 1 aliphatic heterocycles. The smallest absolute Gasteiger partial charge is 0.0844 e. The van der Waals surface area contributed by atoms with Gasteiger partial charge in [0.1, 0.15) is 0 Å². The number of epoxide rings is 1. The molecule has 0 spiro atoms. The molecular formula is C19H36O. The Hall–Kier alpha value is -0.300. The molecule has 1 heterocycles. The molecule has 2 atom stereocenters. The summed E-state index contributed by atoms with van der Waals surface area (Å²) in [6, 6.07) is 0. The molecule has 20 heavy (non-hydrogen) atoms. The monoisotopic (exact) mass is 280 g/mol. The van der Waals surface area contributed by atoms with Crippen molar-refractivity contribution in [1.82, 2.24) is 0 Å². The van der Waals surface area contributed by atoms with Crippen LogP contribution in [-0.2, 0) is 4.74 Å². The summed E-state index contributed by atoms with van der Waals surface area (Å²) in [6.45, 7) is 6.89. The summed E-state index contributed by atoms with van der Waals surface area (Å²) in [4.78, 5) is 0. The van der Waals surface area contributed by atoms with Gasteiger partial charge in [-0.15, -0.1) is 0 Å². The van der Waals surface area contributed by atoms with E-state index in [1.807, 2.05) is 0 Å². The van der Waals surface area contributed by atoms with Crippen molar-refractivity contribution in [3.05, 3.63) is 12.2 Å². The van der Waals surface area contributed by atoms with Gasteiger partial charge in [0.05, 0.1) is 12.2 Å². The van der Waals surface area contributed by atoms with Crippen LogP contribution in [0.2, 0.25) is 0 Å². The van der Waals surface area contributed by atoms with Crippen molar-refractivity contribution in [2.45, 2.75) is 104 Å². The van der Waals surface area contributed by atoms with Gasteiger partial charge in [0.2, 0.25) is 0 Å². The molecule has 1 rings (SSSR count). The third-order valence-corrected chi connectivity index (χ3v) is 4.22. The van der Waals surface area contributed by atoms with Gasteiger partial charge in [0, 0.05) is 0 Å². The van der Waals surface area contributed by atoms with Crippen LogP contribution in [0.5, 0.6) is 0 Å². The highest BCUT2D eigenvalue weighted by molar-refractivity contribution is 4.89. The number of allylic oxidation sites excluding steroid dienone is 2. The number of rotatable bonds is 13. The fraction of sp³-hybridized carbons (Fsp3) is 0.895. The summed E-state index contributed by atoms with van der Waals surface area (Å²) in [5.74, 6) is 0.855. The zero-order valence-corrected chi connectivity index (χ0v) is 14.1. The van der Waals surface area contributed by atoms with E-state index in [1.54, 1.807) is 0 Å². The van der Waals surface area contributed by atoms with Crippen molar-refractivity contribution in [2.75, 3.05) is 0 Å². The SMILES string of the molecule is CCCCCC/C=C\CCC1OC1CCCCC(C)C. The molecule has 0 aliphatic carbocycles. The Morgan fingerprint density at radius 2 is 1.60 bits per heavy atom. The van der Waals surface area contributed by atoms with Gasteiger partial charge in [-0.05, 0) is 38.0 Å². The van der Waals surface area contributed by atoms with E-state index < -0.39 is 0 Å². The van der Waals surface area contributed by atoms with Crippen molar-refractivity contribution >= 4 is 0 Å². The summed E-state index contributed by atoms with van der Waals surface area (Å²) in [5.41, 5.74) is 0. The maximum absolute atomic E-state index is 5.75. The maximum atomic E-state index is 5.75. The molecule has 2 unspecified atom stereocenters. The van der Waals surface area contributed by atoms with Crippen molar-refractivity contribution < 1.29 is 4.74 Å². The molecule has 0 saturated carbocycles. The van der Waals surface area contributed by atoms with Crippen molar-refractivity contribution in [3.8, 4) is 0 Å². The second-order valence-corrected chi connectivity index (χ2v) is 6.79. The quantitative estimate of drug-likeness (QED) is 0.220. The summed E-state index contributed by atoms with van der Waals surface area (Å²) in [6.07, 6.45) is 20.5. The highest BCUT2D eigenvalue weighted by Gasteiger charge is 2.36. The van der Waals surface area contributed by atoms with Gasteiger partial charge in [0.15, 0.2) is 0 Å². The lowest BCUT2D eigenvalue weighted by Crippen LogP contribution is -1.95. The van der Waals surface area contributed by atoms with Crippen LogP contribution in [0.3, 0.4) is 0 Å². The van der Waals surface area contributed by atoms with Crippen LogP contribution >= 0.6 is 0 Å². The zero-order chi connectivity index (χ0) is 14.6. The van der Waals surface area contributed by atoms with E-state index in [0.29, 0.717) is 12.2 Å². The number of hydrogen-bond donors (Lipinski definition) is 0. The normalized spacial score (nSPS) is 22.0. The Morgan fingerprint density at radius 1 is 0.850 bits per heavy atom. The molecule has 118 valence electrons. The molecule has 1 aliphatic rings. The van der Waals surface area contributed by atoms with E-state index in [1.165, 1.54) is 70.6 Å². The Morgan fingerprint density at radius 3 is 2.35 bits per heavy atom. The molecule has 1 nitrogen and oxygen atoms in total. The predicted molar refractivity (Wildman–Crippen MR) is 89.1 cm³/mol. The van der Waals surface area contributed by atoms with Crippen molar-refractivity contribution in [3.63, 3.8) is 0 Å². The van der Waals surface area contributed by atoms with E-state index >= 15 is 0 Å². The van der Waals surface area contributed by atoms with Crippen LogP contribution < -0.4 is 0 Å². The summed E-state index contributed by atoms with van der Waals surface area (Å²) < 4.78 is 5.75. The fourth-order valence-corrected chi connectivity index (χ4v) is 2.77. The van der Waals surface area contributed by atoms with E-state index in [4.69, 9.17) is 4.74 Å². The first-order chi connectivity index (χ1) is 9.74. The van der Waals surface area contributed by atoms with Gasteiger partial charge in [-0.3, -0.25) is 0 Å². The van der Waals surface area contributed by atoms with Gasteiger partial charge in [0.25, 0.3) is 0 Å². The highest BCUT2D eigenvalue weighted by atomic mass is 16.6. The van der Waals surface area contributed by atoms with Crippen LogP contribution in [0.1, 0.15) is 91.4 Å². The standard InChI is InChI=1S/C19H36O/c1-4-5-6-7-8-9-10-11-15-18-19(20-18)16-13-12-14-17(2)3/h9-10,17-19H,4-8,11-16H2,1-3H3/b10-9-. The first-order valence-corrected chi connectivity index (χ1v) is 9.04.